The van der Waals surface area contributed by atoms with Gasteiger partial charge in [-0.25, -0.2) is 9.67 Å². The average Bonchev–Trinajstić information content (AvgIpc) is 3.33. The third-order valence-corrected chi connectivity index (χ3v) is 5.70. The number of benzene rings is 1. The van der Waals surface area contributed by atoms with Crippen molar-refractivity contribution in [2.24, 2.45) is 0 Å². The van der Waals surface area contributed by atoms with Crippen molar-refractivity contribution in [3.63, 3.8) is 0 Å². The summed E-state index contributed by atoms with van der Waals surface area (Å²) >= 11 is 0. The topological polar surface area (TPSA) is 54.3 Å². The number of amides is 1. The number of fused-ring (bicyclic) bond motifs is 1. The summed E-state index contributed by atoms with van der Waals surface area (Å²) in [5.41, 5.74) is 4.31. The molecule has 1 saturated heterocycles. The average molecular weight is 392 g/mol. The minimum absolute atomic E-state index is 0.200. The van der Waals surface area contributed by atoms with Crippen LogP contribution in [0, 0.1) is 6.92 Å². The van der Waals surface area contributed by atoms with Gasteiger partial charge in [0.15, 0.2) is 5.65 Å². The van der Waals surface area contributed by atoms with E-state index >= 15 is 0 Å². The summed E-state index contributed by atoms with van der Waals surface area (Å²) in [6.07, 6.45) is 3.24. The highest BCUT2D eigenvalue weighted by molar-refractivity contribution is 5.81. The van der Waals surface area contributed by atoms with Crippen LogP contribution in [0.3, 0.4) is 0 Å². The van der Waals surface area contributed by atoms with Gasteiger partial charge >= 0.3 is 0 Å². The molecule has 4 rings (SSSR count). The van der Waals surface area contributed by atoms with Crippen LogP contribution in [0.1, 0.15) is 29.2 Å². The number of likely N-dealkylation sites (N-methyl/N-ethyl adjacent to an activating group) is 1. The molecule has 2 aromatic heterocycles. The second kappa shape index (κ2) is 8.33. The normalized spacial score (nSPS) is 16.8. The van der Waals surface area contributed by atoms with E-state index < -0.39 is 0 Å². The number of aryl methyl sites for hydroxylation is 1. The van der Waals surface area contributed by atoms with Crippen molar-refractivity contribution < 1.29 is 4.79 Å². The molecule has 3 aromatic rings. The molecule has 6 nitrogen and oxygen atoms in total. The predicted octanol–water partition coefficient (Wildman–Crippen LogP) is 2.86. The molecule has 0 spiro atoms. The fourth-order valence-corrected chi connectivity index (χ4v) is 3.99. The highest BCUT2D eigenvalue weighted by Crippen LogP contribution is 2.31. The minimum atomic E-state index is 0.200. The van der Waals surface area contributed by atoms with Crippen LogP contribution in [0.15, 0.2) is 42.6 Å². The van der Waals surface area contributed by atoms with E-state index in [1.54, 1.807) is 0 Å². The van der Waals surface area contributed by atoms with Gasteiger partial charge in [-0.3, -0.25) is 4.79 Å². The summed E-state index contributed by atoms with van der Waals surface area (Å²) in [7, 11) is 4.13. The van der Waals surface area contributed by atoms with Gasteiger partial charge in [0.1, 0.15) is 0 Å². The molecule has 6 heteroatoms. The molecule has 1 atom stereocenters. The molecule has 0 radical (unpaired) electrons. The van der Waals surface area contributed by atoms with Crippen molar-refractivity contribution in [3.8, 4) is 0 Å². The SMILES string of the molecule is Cc1ccc(CC(=O)N2CC[C@H](c3nn(CCN(C)C)c4ncccc34)C2)cc1. The fraction of sp³-hybridized carbons (Fsp3) is 0.435. The highest BCUT2D eigenvalue weighted by atomic mass is 16.2. The number of rotatable bonds is 6. The number of carbonyl (C=O) groups excluding carboxylic acids is 1. The first kappa shape index (κ1) is 19.6. The molecule has 1 aliphatic rings. The first-order valence-corrected chi connectivity index (χ1v) is 10.3. The van der Waals surface area contributed by atoms with Crippen molar-refractivity contribution in [1.82, 2.24) is 24.6 Å². The summed E-state index contributed by atoms with van der Waals surface area (Å²) in [6.45, 7) is 5.32. The van der Waals surface area contributed by atoms with E-state index in [-0.39, 0.29) is 11.8 Å². The Morgan fingerprint density at radius 3 is 2.76 bits per heavy atom. The molecule has 3 heterocycles. The molecule has 0 aliphatic carbocycles. The monoisotopic (exact) mass is 391 g/mol. The first-order chi connectivity index (χ1) is 14.0. The number of nitrogens with zero attached hydrogens (tertiary/aromatic N) is 5. The smallest absolute Gasteiger partial charge is 0.227 e. The summed E-state index contributed by atoms with van der Waals surface area (Å²) in [6, 6.07) is 12.3. The van der Waals surface area contributed by atoms with Crippen LogP contribution < -0.4 is 0 Å². The standard InChI is InChI=1S/C23H29N5O/c1-17-6-8-18(9-7-17)15-21(29)27-12-10-19(16-27)22-20-5-4-11-24-23(20)28(25-22)14-13-26(2)3/h4-9,11,19H,10,12-16H2,1-3H3/t19-/m0/s1. The van der Waals surface area contributed by atoms with Crippen LogP contribution in [0.5, 0.6) is 0 Å². The van der Waals surface area contributed by atoms with Gasteiger partial charge < -0.3 is 9.80 Å². The van der Waals surface area contributed by atoms with Gasteiger partial charge in [-0.1, -0.05) is 29.8 Å². The number of hydrogen-bond acceptors (Lipinski definition) is 4. The van der Waals surface area contributed by atoms with Crippen molar-refractivity contribution in [2.45, 2.75) is 32.2 Å². The molecule has 1 amide bonds. The summed E-state index contributed by atoms with van der Waals surface area (Å²) < 4.78 is 2.02. The number of likely N-dealkylation sites (tertiary alicyclic amines) is 1. The molecule has 0 saturated carbocycles. The van der Waals surface area contributed by atoms with E-state index in [1.165, 1.54) is 5.56 Å². The molecule has 0 N–H and O–H groups in total. The molecule has 152 valence electrons. The van der Waals surface area contributed by atoms with Gasteiger partial charge in [-0.2, -0.15) is 5.10 Å². The van der Waals surface area contributed by atoms with Crippen molar-refractivity contribution >= 4 is 16.9 Å². The summed E-state index contributed by atoms with van der Waals surface area (Å²) in [5.74, 6) is 0.468. The van der Waals surface area contributed by atoms with E-state index in [0.717, 1.165) is 54.9 Å². The molecular formula is C23H29N5O. The molecule has 1 aliphatic heterocycles. The Morgan fingerprint density at radius 2 is 2.00 bits per heavy atom. The van der Waals surface area contributed by atoms with Crippen molar-refractivity contribution in [2.75, 3.05) is 33.7 Å². The fourth-order valence-electron chi connectivity index (χ4n) is 3.99. The van der Waals surface area contributed by atoms with Gasteiger partial charge in [-0.15, -0.1) is 0 Å². The molecule has 1 aromatic carbocycles. The highest BCUT2D eigenvalue weighted by Gasteiger charge is 2.30. The second-order valence-corrected chi connectivity index (χ2v) is 8.27. The first-order valence-electron chi connectivity index (χ1n) is 10.3. The number of aromatic nitrogens is 3. The number of hydrogen-bond donors (Lipinski definition) is 0. The van der Waals surface area contributed by atoms with E-state index in [2.05, 4.69) is 49.1 Å². The maximum atomic E-state index is 12.8. The van der Waals surface area contributed by atoms with Crippen LogP contribution in [0.25, 0.3) is 11.0 Å². The lowest BCUT2D eigenvalue weighted by molar-refractivity contribution is -0.129. The van der Waals surface area contributed by atoms with Gasteiger partial charge in [0.2, 0.25) is 5.91 Å². The van der Waals surface area contributed by atoms with Crippen LogP contribution in [-0.2, 0) is 17.8 Å². The largest absolute Gasteiger partial charge is 0.342 e. The lowest BCUT2D eigenvalue weighted by Gasteiger charge is -2.16. The van der Waals surface area contributed by atoms with Gasteiger partial charge in [-0.05, 0) is 45.1 Å². The van der Waals surface area contributed by atoms with Crippen LogP contribution >= 0.6 is 0 Å². The Morgan fingerprint density at radius 1 is 1.21 bits per heavy atom. The maximum absolute atomic E-state index is 12.8. The number of pyridine rings is 1. The Balaban J connectivity index is 1.49. The van der Waals surface area contributed by atoms with E-state index in [0.29, 0.717) is 6.42 Å². The van der Waals surface area contributed by atoms with Gasteiger partial charge in [0.05, 0.1) is 18.7 Å². The third kappa shape index (κ3) is 4.32. The van der Waals surface area contributed by atoms with Crippen molar-refractivity contribution in [1.29, 1.82) is 0 Å². The quantitative estimate of drug-likeness (QED) is 0.648. The lowest BCUT2D eigenvalue weighted by Crippen LogP contribution is -2.29. The Kier molecular flexibility index (Phi) is 5.62. The molecule has 0 bridgehead atoms. The second-order valence-electron chi connectivity index (χ2n) is 8.27. The Labute approximate surface area is 172 Å². The zero-order valence-corrected chi connectivity index (χ0v) is 17.5. The predicted molar refractivity (Wildman–Crippen MR) is 115 cm³/mol. The number of carbonyl (C=O) groups is 1. The van der Waals surface area contributed by atoms with Crippen LogP contribution in [0.2, 0.25) is 0 Å². The summed E-state index contributed by atoms with van der Waals surface area (Å²) in [4.78, 5) is 21.5. The Hall–Kier alpha value is -2.73. The molecular weight excluding hydrogens is 362 g/mol. The maximum Gasteiger partial charge on any atom is 0.227 e. The van der Waals surface area contributed by atoms with E-state index in [9.17, 15) is 4.79 Å². The molecule has 0 unspecified atom stereocenters. The minimum Gasteiger partial charge on any atom is -0.342 e. The van der Waals surface area contributed by atoms with Crippen molar-refractivity contribution in [3.05, 3.63) is 59.4 Å². The van der Waals surface area contributed by atoms with Crippen LogP contribution in [0.4, 0.5) is 0 Å². The molecule has 29 heavy (non-hydrogen) atoms. The zero-order chi connectivity index (χ0) is 20.4. The van der Waals surface area contributed by atoms with E-state index in [4.69, 9.17) is 5.10 Å². The summed E-state index contributed by atoms with van der Waals surface area (Å²) in [5, 5.41) is 6.04. The van der Waals surface area contributed by atoms with Gasteiger partial charge in [0.25, 0.3) is 0 Å². The van der Waals surface area contributed by atoms with Gasteiger partial charge in [0, 0.05) is 37.1 Å². The van der Waals surface area contributed by atoms with Crippen LogP contribution in [-0.4, -0.2) is 64.2 Å². The zero-order valence-electron chi connectivity index (χ0n) is 17.5. The van der Waals surface area contributed by atoms with E-state index in [1.807, 2.05) is 34.0 Å². The molecule has 1 fully saturated rings. The Bertz CT molecular complexity index is 992. The third-order valence-electron chi connectivity index (χ3n) is 5.70. The lowest BCUT2D eigenvalue weighted by atomic mass is 10.0.